The molecular weight excluding hydrogens is 350 g/mol. The van der Waals surface area contributed by atoms with Gasteiger partial charge in [0, 0.05) is 35.1 Å². The fourth-order valence-corrected chi connectivity index (χ4v) is 3.13. The molecule has 0 aliphatic rings. The minimum Gasteiger partial charge on any atom is -0.340 e. The second-order valence-corrected chi connectivity index (χ2v) is 6.71. The number of nitrogens with zero attached hydrogens (tertiary/aromatic N) is 3. The summed E-state index contributed by atoms with van der Waals surface area (Å²) >= 11 is 0. The molecule has 0 aliphatic heterocycles. The number of hydrogen-bond donors (Lipinski definition) is 2. The average Bonchev–Trinajstić information content (AvgIpc) is 3.10. The molecular formula is C22H21N5O. The molecule has 0 spiro atoms. The Kier molecular flexibility index (Phi) is 4.53. The molecule has 0 saturated heterocycles. The predicted molar refractivity (Wildman–Crippen MR) is 112 cm³/mol. The molecule has 6 nitrogen and oxygen atoms in total. The van der Waals surface area contributed by atoms with Crippen LogP contribution >= 0.6 is 0 Å². The van der Waals surface area contributed by atoms with Crippen molar-refractivity contribution in [3.63, 3.8) is 0 Å². The highest BCUT2D eigenvalue weighted by Gasteiger charge is 2.15. The number of aromatic nitrogens is 3. The number of benzene rings is 2. The van der Waals surface area contributed by atoms with Gasteiger partial charge in [-0.3, -0.25) is 4.79 Å². The van der Waals surface area contributed by atoms with Gasteiger partial charge in [0.05, 0.1) is 6.20 Å². The van der Waals surface area contributed by atoms with Crippen LogP contribution in [0.4, 0.5) is 17.2 Å². The van der Waals surface area contributed by atoms with E-state index >= 15 is 0 Å². The third-order valence-corrected chi connectivity index (χ3v) is 4.68. The van der Waals surface area contributed by atoms with Crippen LogP contribution in [-0.2, 0) is 4.79 Å². The molecule has 0 saturated carbocycles. The van der Waals surface area contributed by atoms with E-state index in [-0.39, 0.29) is 5.91 Å². The third-order valence-electron chi connectivity index (χ3n) is 4.68. The fourth-order valence-electron chi connectivity index (χ4n) is 3.13. The number of hydrogen-bond acceptors (Lipinski definition) is 4. The zero-order valence-electron chi connectivity index (χ0n) is 16.0. The largest absolute Gasteiger partial charge is 0.340 e. The first-order valence-electron chi connectivity index (χ1n) is 9.08. The number of rotatable bonds is 4. The van der Waals surface area contributed by atoms with Crippen molar-refractivity contribution in [1.82, 2.24) is 14.6 Å². The number of carbonyl (C=O) groups excluding carboxylic acids is 1. The molecule has 2 N–H and O–H groups in total. The van der Waals surface area contributed by atoms with E-state index in [0.29, 0.717) is 0 Å². The molecule has 2 aromatic heterocycles. The molecule has 0 aliphatic carbocycles. The van der Waals surface area contributed by atoms with Crippen LogP contribution in [-0.4, -0.2) is 20.5 Å². The SMILES string of the molecule is CC(=O)Nc1ccc(Nc2c(C)c(C)nc3c(-c4ccccc4)cnn23)cc1. The molecule has 0 unspecified atom stereocenters. The van der Waals surface area contributed by atoms with E-state index in [1.54, 1.807) is 0 Å². The lowest BCUT2D eigenvalue weighted by atomic mass is 10.1. The van der Waals surface area contributed by atoms with Crippen LogP contribution in [0.1, 0.15) is 18.2 Å². The Bertz CT molecular complexity index is 1150. The van der Waals surface area contributed by atoms with Crippen LogP contribution < -0.4 is 10.6 Å². The predicted octanol–water partition coefficient (Wildman–Crippen LogP) is 4.72. The van der Waals surface area contributed by atoms with Crippen molar-refractivity contribution in [2.75, 3.05) is 10.6 Å². The van der Waals surface area contributed by atoms with Crippen LogP contribution in [0.25, 0.3) is 16.8 Å². The van der Waals surface area contributed by atoms with E-state index in [9.17, 15) is 4.79 Å². The van der Waals surface area contributed by atoms with E-state index in [1.165, 1.54) is 6.92 Å². The van der Waals surface area contributed by atoms with E-state index in [1.807, 2.05) is 67.0 Å². The van der Waals surface area contributed by atoms with Gasteiger partial charge in [-0.1, -0.05) is 30.3 Å². The molecule has 4 rings (SSSR count). The first kappa shape index (κ1) is 17.7. The van der Waals surface area contributed by atoms with E-state index in [4.69, 9.17) is 4.98 Å². The van der Waals surface area contributed by atoms with Gasteiger partial charge in [0.2, 0.25) is 5.91 Å². The van der Waals surface area contributed by atoms with Crippen LogP contribution in [0.5, 0.6) is 0 Å². The molecule has 2 aromatic carbocycles. The van der Waals surface area contributed by atoms with Crippen molar-refractivity contribution < 1.29 is 4.79 Å². The summed E-state index contributed by atoms with van der Waals surface area (Å²) in [5.41, 5.74) is 6.53. The maximum absolute atomic E-state index is 11.2. The summed E-state index contributed by atoms with van der Waals surface area (Å²) < 4.78 is 1.84. The number of aryl methyl sites for hydroxylation is 1. The van der Waals surface area contributed by atoms with E-state index < -0.39 is 0 Å². The topological polar surface area (TPSA) is 71.3 Å². The Morgan fingerprint density at radius 2 is 1.64 bits per heavy atom. The zero-order chi connectivity index (χ0) is 19.7. The van der Waals surface area contributed by atoms with Crippen molar-refractivity contribution in [3.8, 4) is 11.1 Å². The Morgan fingerprint density at radius 3 is 2.32 bits per heavy atom. The second-order valence-electron chi connectivity index (χ2n) is 6.71. The molecule has 4 aromatic rings. The van der Waals surface area contributed by atoms with Crippen molar-refractivity contribution in [1.29, 1.82) is 0 Å². The summed E-state index contributed by atoms with van der Waals surface area (Å²) in [5, 5.41) is 10.8. The van der Waals surface area contributed by atoms with Gasteiger partial charge in [0.1, 0.15) is 5.82 Å². The van der Waals surface area contributed by atoms with Crippen LogP contribution in [0.15, 0.2) is 60.8 Å². The standard InChI is InChI=1S/C22H21N5O/c1-14-15(2)24-22-20(17-7-5-4-6-8-17)13-23-27(22)21(14)26-19-11-9-18(10-12-19)25-16(3)28/h4-13,26H,1-3H3,(H,25,28). The lowest BCUT2D eigenvalue weighted by molar-refractivity contribution is -0.114. The molecule has 6 heteroatoms. The normalized spacial score (nSPS) is 10.8. The van der Waals surface area contributed by atoms with Gasteiger partial charge in [0.15, 0.2) is 5.65 Å². The van der Waals surface area contributed by atoms with Gasteiger partial charge in [0.25, 0.3) is 0 Å². The maximum atomic E-state index is 11.2. The van der Waals surface area contributed by atoms with Crippen molar-refractivity contribution in [3.05, 3.63) is 72.1 Å². The van der Waals surface area contributed by atoms with Crippen molar-refractivity contribution in [2.24, 2.45) is 0 Å². The highest BCUT2D eigenvalue weighted by Crippen LogP contribution is 2.29. The van der Waals surface area contributed by atoms with Crippen LogP contribution in [0.3, 0.4) is 0 Å². The minimum absolute atomic E-state index is 0.0898. The number of amides is 1. The van der Waals surface area contributed by atoms with Gasteiger partial charge in [-0.25, -0.2) is 4.98 Å². The molecule has 0 radical (unpaired) electrons. The lowest BCUT2D eigenvalue weighted by Crippen LogP contribution is -2.07. The van der Waals surface area contributed by atoms with Gasteiger partial charge in [-0.05, 0) is 43.7 Å². The number of anilines is 3. The van der Waals surface area contributed by atoms with Gasteiger partial charge < -0.3 is 10.6 Å². The fraction of sp³-hybridized carbons (Fsp3) is 0.136. The monoisotopic (exact) mass is 371 g/mol. The van der Waals surface area contributed by atoms with E-state index in [0.717, 1.165) is 45.2 Å². The Balaban J connectivity index is 1.75. The zero-order valence-corrected chi connectivity index (χ0v) is 16.0. The number of carbonyl (C=O) groups is 1. The van der Waals surface area contributed by atoms with E-state index in [2.05, 4.69) is 27.9 Å². The summed E-state index contributed by atoms with van der Waals surface area (Å²) in [6.45, 7) is 5.52. The maximum Gasteiger partial charge on any atom is 0.221 e. The smallest absolute Gasteiger partial charge is 0.221 e. The van der Waals surface area contributed by atoms with Crippen LogP contribution in [0.2, 0.25) is 0 Å². The highest BCUT2D eigenvalue weighted by atomic mass is 16.1. The molecule has 0 atom stereocenters. The summed E-state index contributed by atoms with van der Waals surface area (Å²) in [6, 6.07) is 17.7. The molecule has 1 amide bonds. The quantitative estimate of drug-likeness (QED) is 0.545. The summed E-state index contributed by atoms with van der Waals surface area (Å²) in [7, 11) is 0. The van der Waals surface area contributed by atoms with Crippen molar-refractivity contribution >= 4 is 28.7 Å². The summed E-state index contributed by atoms with van der Waals surface area (Å²) in [4.78, 5) is 16.0. The Labute approximate surface area is 163 Å². The first-order chi connectivity index (χ1) is 13.5. The lowest BCUT2D eigenvalue weighted by Gasteiger charge is -2.14. The number of nitrogens with one attached hydrogen (secondary N) is 2. The molecule has 140 valence electrons. The second kappa shape index (κ2) is 7.15. The Morgan fingerprint density at radius 1 is 0.964 bits per heavy atom. The summed E-state index contributed by atoms with van der Waals surface area (Å²) in [5.74, 6) is 0.782. The first-order valence-corrected chi connectivity index (χ1v) is 9.08. The molecule has 0 fully saturated rings. The van der Waals surface area contributed by atoms with Crippen molar-refractivity contribution in [2.45, 2.75) is 20.8 Å². The molecule has 28 heavy (non-hydrogen) atoms. The van der Waals surface area contributed by atoms with Crippen LogP contribution in [0, 0.1) is 13.8 Å². The Hall–Kier alpha value is -3.67. The van der Waals surface area contributed by atoms with Gasteiger partial charge >= 0.3 is 0 Å². The summed E-state index contributed by atoms with van der Waals surface area (Å²) in [6.07, 6.45) is 1.85. The van der Waals surface area contributed by atoms with Gasteiger partial charge in [-0.2, -0.15) is 9.61 Å². The number of fused-ring (bicyclic) bond motifs is 1. The average molecular weight is 371 g/mol. The highest BCUT2D eigenvalue weighted by molar-refractivity contribution is 5.89. The minimum atomic E-state index is -0.0898. The van der Waals surface area contributed by atoms with Gasteiger partial charge in [-0.15, -0.1) is 0 Å². The third kappa shape index (κ3) is 3.32. The molecule has 0 bridgehead atoms. The molecule has 2 heterocycles.